The van der Waals surface area contributed by atoms with E-state index in [-0.39, 0.29) is 11.9 Å². The molecule has 1 aliphatic rings. The molecule has 1 fully saturated rings. The molecule has 0 aliphatic carbocycles. The number of carbonyl (C=O) groups is 1. The highest BCUT2D eigenvalue weighted by Crippen LogP contribution is 2.29. The van der Waals surface area contributed by atoms with Gasteiger partial charge in [0.05, 0.1) is 16.7 Å². The normalized spacial score (nSPS) is 14.2. The molecule has 0 unspecified atom stereocenters. The summed E-state index contributed by atoms with van der Waals surface area (Å²) in [6.07, 6.45) is 0. The van der Waals surface area contributed by atoms with Crippen LogP contribution in [-0.4, -0.2) is 54.1 Å². The number of carbonyl (C=O) groups excluding carboxylic acids is 1. The van der Waals surface area contributed by atoms with Gasteiger partial charge in [0.1, 0.15) is 5.75 Å². The first-order valence-electron chi connectivity index (χ1n) is 10.8. The molecule has 0 spiro atoms. The van der Waals surface area contributed by atoms with Gasteiger partial charge in [-0.3, -0.25) is 15.0 Å². The molecule has 0 aromatic heterocycles. The van der Waals surface area contributed by atoms with Gasteiger partial charge in [-0.25, -0.2) is 0 Å². The number of nitrogens with one attached hydrogen (secondary N) is 1. The molecule has 5 nitrogen and oxygen atoms in total. The predicted molar refractivity (Wildman–Crippen MR) is 144 cm³/mol. The number of hydrogen-bond acceptors (Lipinski definition) is 4. The number of piperazine rings is 1. The van der Waals surface area contributed by atoms with E-state index in [1.165, 1.54) is 11.1 Å². The van der Waals surface area contributed by atoms with Crippen LogP contribution in [0.15, 0.2) is 78.9 Å². The summed E-state index contributed by atoms with van der Waals surface area (Å²) in [5, 5.41) is 3.37. The zero-order valence-electron chi connectivity index (χ0n) is 18.4. The van der Waals surface area contributed by atoms with Gasteiger partial charge >= 0.3 is 0 Å². The molecule has 1 aliphatic heterocycles. The Morgan fingerprint density at radius 3 is 2.03 bits per heavy atom. The molecule has 170 valence electrons. The summed E-state index contributed by atoms with van der Waals surface area (Å²) in [5.74, 6) is 0.548. The summed E-state index contributed by atoms with van der Waals surface area (Å²) < 4.78 is 6.16. The fraction of sp³-hybridized carbons (Fsp3) is 0.231. The molecule has 1 heterocycles. The second kappa shape index (κ2) is 11.1. The van der Waals surface area contributed by atoms with Gasteiger partial charge in [-0.05, 0) is 64.1 Å². The van der Waals surface area contributed by atoms with Crippen LogP contribution in [0, 0.1) is 3.57 Å². The molecule has 3 aromatic rings. The molecule has 0 atom stereocenters. The summed E-state index contributed by atoms with van der Waals surface area (Å²) in [7, 11) is 1.62. The van der Waals surface area contributed by atoms with Crippen LogP contribution in [0.2, 0.25) is 0 Å². The predicted octanol–water partition coefficient (Wildman–Crippen LogP) is 4.72. The van der Waals surface area contributed by atoms with Crippen molar-refractivity contribution in [3.63, 3.8) is 0 Å². The van der Waals surface area contributed by atoms with Crippen molar-refractivity contribution in [3.8, 4) is 5.75 Å². The minimum atomic E-state index is -0.200. The zero-order valence-corrected chi connectivity index (χ0v) is 21.4. The Morgan fingerprint density at radius 2 is 1.52 bits per heavy atom. The average molecular weight is 571 g/mol. The van der Waals surface area contributed by atoms with E-state index < -0.39 is 0 Å². The molecule has 0 bridgehead atoms. The molecule has 7 heteroatoms. The van der Waals surface area contributed by atoms with Crippen LogP contribution in [-0.2, 0) is 0 Å². The van der Waals surface area contributed by atoms with Gasteiger partial charge in [-0.1, -0.05) is 60.7 Å². The van der Waals surface area contributed by atoms with E-state index in [0.717, 1.165) is 35.5 Å². The first-order chi connectivity index (χ1) is 16.1. The van der Waals surface area contributed by atoms with E-state index in [2.05, 4.69) is 98.4 Å². The van der Waals surface area contributed by atoms with Crippen molar-refractivity contribution < 1.29 is 9.53 Å². The molecule has 1 N–H and O–H groups in total. The Hall–Kier alpha value is -2.49. The van der Waals surface area contributed by atoms with Gasteiger partial charge < -0.3 is 9.64 Å². The van der Waals surface area contributed by atoms with Crippen LogP contribution in [0.5, 0.6) is 5.75 Å². The van der Waals surface area contributed by atoms with Crippen LogP contribution >= 0.6 is 34.8 Å². The van der Waals surface area contributed by atoms with Crippen molar-refractivity contribution in [2.75, 3.05) is 33.3 Å². The number of ether oxygens (including phenoxy) is 1. The number of thiocarbonyl (C=S) groups is 1. The van der Waals surface area contributed by atoms with Gasteiger partial charge in [0, 0.05) is 31.7 Å². The minimum Gasteiger partial charge on any atom is -0.496 e. The van der Waals surface area contributed by atoms with E-state index in [9.17, 15) is 4.79 Å². The van der Waals surface area contributed by atoms with Gasteiger partial charge in [-0.15, -0.1) is 0 Å². The van der Waals surface area contributed by atoms with Crippen LogP contribution in [0.3, 0.4) is 0 Å². The van der Waals surface area contributed by atoms with Crippen molar-refractivity contribution in [2.24, 2.45) is 0 Å². The lowest BCUT2D eigenvalue weighted by atomic mass is 9.96. The Morgan fingerprint density at radius 1 is 0.939 bits per heavy atom. The number of methoxy groups -OCH3 is 1. The van der Waals surface area contributed by atoms with Crippen molar-refractivity contribution in [2.45, 2.75) is 6.04 Å². The number of rotatable bonds is 5. The largest absolute Gasteiger partial charge is 0.496 e. The van der Waals surface area contributed by atoms with E-state index in [4.69, 9.17) is 17.0 Å². The summed E-state index contributed by atoms with van der Waals surface area (Å²) >= 11 is 7.73. The summed E-state index contributed by atoms with van der Waals surface area (Å²) in [6, 6.07) is 26.7. The monoisotopic (exact) mass is 571 g/mol. The van der Waals surface area contributed by atoms with Crippen molar-refractivity contribution in [1.82, 2.24) is 15.1 Å². The van der Waals surface area contributed by atoms with Crippen LogP contribution in [0.4, 0.5) is 0 Å². The van der Waals surface area contributed by atoms with Crippen LogP contribution in [0.25, 0.3) is 0 Å². The highest BCUT2D eigenvalue weighted by atomic mass is 127. The standard InChI is InChI=1S/C26H26IN3O2S/c1-32-23-13-12-21(18-22(23)27)25(31)28-26(33)30-16-14-29(15-17-30)24(19-8-4-2-5-9-19)20-10-6-3-7-11-20/h2-13,18,24H,14-17H2,1H3,(H,28,31,33). The van der Waals surface area contributed by atoms with Gasteiger partial charge in [0.25, 0.3) is 5.91 Å². The zero-order chi connectivity index (χ0) is 23.2. The second-order valence-electron chi connectivity index (χ2n) is 7.86. The Kier molecular flexibility index (Phi) is 7.95. The maximum absolute atomic E-state index is 12.7. The number of amides is 1. The van der Waals surface area contributed by atoms with Crippen molar-refractivity contribution in [1.29, 1.82) is 0 Å². The lowest BCUT2D eigenvalue weighted by Crippen LogP contribution is -2.53. The third-order valence-corrected chi connectivity index (χ3v) is 7.03. The van der Waals surface area contributed by atoms with Crippen molar-refractivity contribution in [3.05, 3.63) is 99.1 Å². The highest BCUT2D eigenvalue weighted by Gasteiger charge is 2.27. The Balaban J connectivity index is 1.40. The molecule has 1 amide bonds. The molecule has 33 heavy (non-hydrogen) atoms. The SMILES string of the molecule is COc1ccc(C(=O)NC(=S)N2CCN(C(c3ccccc3)c3ccccc3)CC2)cc1I. The Bertz CT molecular complexity index is 1060. The minimum absolute atomic E-state index is 0.194. The van der Waals surface area contributed by atoms with E-state index in [1.54, 1.807) is 25.3 Å². The maximum Gasteiger partial charge on any atom is 0.257 e. The fourth-order valence-corrected chi connectivity index (χ4v) is 5.13. The summed E-state index contributed by atoms with van der Waals surface area (Å²) in [4.78, 5) is 17.3. The van der Waals surface area contributed by atoms with E-state index >= 15 is 0 Å². The Labute approximate surface area is 213 Å². The molecule has 1 saturated heterocycles. The molecular formula is C26H26IN3O2S. The lowest BCUT2D eigenvalue weighted by molar-refractivity contribution is 0.0967. The van der Waals surface area contributed by atoms with Gasteiger partial charge in [0.15, 0.2) is 5.11 Å². The first-order valence-corrected chi connectivity index (χ1v) is 12.3. The molecule has 0 saturated carbocycles. The smallest absolute Gasteiger partial charge is 0.257 e. The summed E-state index contributed by atoms with van der Waals surface area (Å²) in [5.41, 5.74) is 3.12. The van der Waals surface area contributed by atoms with Crippen molar-refractivity contribution >= 4 is 45.8 Å². The molecule has 4 rings (SSSR count). The highest BCUT2D eigenvalue weighted by molar-refractivity contribution is 14.1. The fourth-order valence-electron chi connectivity index (χ4n) is 4.12. The summed E-state index contributed by atoms with van der Waals surface area (Å²) in [6.45, 7) is 3.22. The molecule has 3 aromatic carbocycles. The van der Waals surface area contributed by atoms with Gasteiger partial charge in [0.2, 0.25) is 0 Å². The molecule has 0 radical (unpaired) electrons. The average Bonchev–Trinajstić information content (AvgIpc) is 2.86. The second-order valence-corrected chi connectivity index (χ2v) is 9.40. The van der Waals surface area contributed by atoms with Crippen LogP contribution in [0.1, 0.15) is 27.5 Å². The number of nitrogens with zero attached hydrogens (tertiary/aromatic N) is 2. The topological polar surface area (TPSA) is 44.8 Å². The van der Waals surface area contributed by atoms with E-state index in [1.807, 2.05) is 0 Å². The first kappa shape index (κ1) is 23.7. The number of hydrogen-bond donors (Lipinski definition) is 1. The van der Waals surface area contributed by atoms with E-state index in [0.29, 0.717) is 10.7 Å². The maximum atomic E-state index is 12.7. The molecular weight excluding hydrogens is 545 g/mol. The van der Waals surface area contributed by atoms with Crippen LogP contribution < -0.4 is 10.1 Å². The quantitative estimate of drug-likeness (QED) is 0.355. The third-order valence-electron chi connectivity index (χ3n) is 5.83. The number of benzene rings is 3. The van der Waals surface area contributed by atoms with Gasteiger partial charge in [-0.2, -0.15) is 0 Å². The lowest BCUT2D eigenvalue weighted by Gasteiger charge is -2.40. The third kappa shape index (κ3) is 5.72. The number of halogens is 1.